The molecule has 0 heterocycles. The van der Waals surface area contributed by atoms with Gasteiger partial charge in [0.2, 0.25) is 0 Å². The maximum Gasteiger partial charge on any atom is 0.259 e. The summed E-state index contributed by atoms with van der Waals surface area (Å²) in [5.74, 6) is 0.798. The Morgan fingerprint density at radius 1 is 1.25 bits per heavy atom. The van der Waals surface area contributed by atoms with Gasteiger partial charge >= 0.3 is 0 Å². The van der Waals surface area contributed by atoms with E-state index in [9.17, 15) is 0 Å². The van der Waals surface area contributed by atoms with Crippen molar-refractivity contribution in [3.63, 3.8) is 0 Å². The van der Waals surface area contributed by atoms with Crippen molar-refractivity contribution >= 4 is 17.4 Å². The van der Waals surface area contributed by atoms with Gasteiger partial charge in [0.15, 0.2) is 0 Å². The average molecular weight is 237 g/mol. The third-order valence-electron chi connectivity index (χ3n) is 2.48. The van der Waals surface area contributed by atoms with Gasteiger partial charge in [-0.05, 0) is 36.7 Å². The highest BCUT2D eigenvalue weighted by Gasteiger charge is 2.03. The summed E-state index contributed by atoms with van der Waals surface area (Å²) in [5.41, 5.74) is 6.57. The first-order valence-electron chi connectivity index (χ1n) is 5.79. The Kier molecular flexibility index (Phi) is 5.86. The third kappa shape index (κ3) is 4.62. The first kappa shape index (κ1) is 13.0. The van der Waals surface area contributed by atoms with Crippen LogP contribution in [0.1, 0.15) is 38.2 Å². The van der Waals surface area contributed by atoms with E-state index in [1.807, 2.05) is 18.2 Å². The lowest BCUT2D eigenvalue weighted by Crippen LogP contribution is -2.16. The number of benzene rings is 1. The van der Waals surface area contributed by atoms with Crippen LogP contribution >= 0.6 is 12.2 Å². The summed E-state index contributed by atoms with van der Waals surface area (Å²) in [6.07, 6.45) is 6.02. The number of thiocarbonyl (C=S) groups is 1. The summed E-state index contributed by atoms with van der Waals surface area (Å²) in [7, 11) is 0. The molecule has 0 aliphatic heterocycles. The van der Waals surface area contributed by atoms with E-state index in [1.54, 1.807) is 0 Å². The highest BCUT2D eigenvalue weighted by atomic mass is 32.1. The first-order valence-corrected chi connectivity index (χ1v) is 6.20. The first-order chi connectivity index (χ1) is 7.74. The summed E-state index contributed by atoms with van der Waals surface area (Å²) < 4.78 is 5.31. The van der Waals surface area contributed by atoms with Crippen molar-refractivity contribution in [1.82, 2.24) is 0 Å². The van der Waals surface area contributed by atoms with Crippen LogP contribution in [0.5, 0.6) is 5.75 Å². The molecular weight excluding hydrogens is 218 g/mol. The Balaban J connectivity index is 2.53. The molecule has 1 aromatic rings. The smallest absolute Gasteiger partial charge is 0.259 e. The Bertz CT molecular complexity index is 338. The summed E-state index contributed by atoms with van der Waals surface area (Å²) in [6, 6.07) is 7.93. The van der Waals surface area contributed by atoms with E-state index in [1.165, 1.54) is 31.2 Å². The van der Waals surface area contributed by atoms with Crippen molar-refractivity contribution in [2.75, 3.05) is 0 Å². The van der Waals surface area contributed by atoms with Crippen LogP contribution in [0, 0.1) is 0 Å². The predicted octanol–water partition coefficient (Wildman–Crippen LogP) is 3.43. The zero-order chi connectivity index (χ0) is 11.8. The van der Waals surface area contributed by atoms with Crippen LogP contribution in [0.4, 0.5) is 0 Å². The number of aryl methyl sites for hydroxylation is 1. The van der Waals surface area contributed by atoms with Crippen LogP contribution in [0.25, 0.3) is 0 Å². The maximum atomic E-state index is 5.38. The fraction of sp³-hybridized carbons (Fsp3) is 0.462. The number of para-hydroxylation sites is 1. The number of rotatable bonds is 6. The summed E-state index contributed by atoms with van der Waals surface area (Å²) in [6.45, 7) is 2.21. The van der Waals surface area contributed by atoms with Gasteiger partial charge in [-0.25, -0.2) is 0 Å². The molecular formula is C13H19NOS. The van der Waals surface area contributed by atoms with Crippen LogP contribution in [0.3, 0.4) is 0 Å². The topological polar surface area (TPSA) is 35.2 Å². The molecule has 1 aromatic carbocycles. The molecule has 16 heavy (non-hydrogen) atoms. The SMILES string of the molecule is CCCCCCc1ccccc1OC(N)=S. The maximum absolute atomic E-state index is 5.38. The van der Waals surface area contributed by atoms with Crippen molar-refractivity contribution < 1.29 is 4.74 Å². The summed E-state index contributed by atoms with van der Waals surface area (Å²) in [5, 5.41) is 0.0843. The lowest BCUT2D eigenvalue weighted by Gasteiger charge is -2.09. The Morgan fingerprint density at radius 3 is 2.69 bits per heavy atom. The van der Waals surface area contributed by atoms with Gasteiger partial charge in [-0.15, -0.1) is 0 Å². The molecule has 0 aliphatic carbocycles. The molecule has 0 bridgehead atoms. The molecule has 1 rings (SSSR count). The fourth-order valence-corrected chi connectivity index (χ4v) is 1.75. The second kappa shape index (κ2) is 7.23. The van der Waals surface area contributed by atoms with E-state index in [2.05, 4.69) is 13.0 Å². The van der Waals surface area contributed by atoms with Crippen molar-refractivity contribution in [1.29, 1.82) is 0 Å². The fourth-order valence-electron chi connectivity index (χ4n) is 1.66. The number of hydrogen-bond donors (Lipinski definition) is 1. The van der Waals surface area contributed by atoms with E-state index in [0.717, 1.165) is 12.2 Å². The molecule has 0 aliphatic rings. The zero-order valence-electron chi connectivity index (χ0n) is 9.74. The third-order valence-corrected chi connectivity index (χ3v) is 2.57. The molecule has 0 spiro atoms. The molecule has 0 radical (unpaired) electrons. The minimum absolute atomic E-state index is 0.0843. The standard InChI is InChI=1S/C13H19NOS/c1-2-3-4-5-8-11-9-6-7-10-12(11)15-13(14)16/h6-7,9-10H,2-5,8H2,1H3,(H2,14,16). The number of hydrogen-bond acceptors (Lipinski definition) is 2. The summed E-state index contributed by atoms with van der Waals surface area (Å²) >= 11 is 4.75. The van der Waals surface area contributed by atoms with E-state index in [0.29, 0.717) is 0 Å². The molecule has 3 heteroatoms. The predicted molar refractivity (Wildman–Crippen MR) is 71.7 cm³/mol. The molecule has 2 N–H and O–H groups in total. The summed E-state index contributed by atoms with van der Waals surface area (Å²) in [4.78, 5) is 0. The van der Waals surface area contributed by atoms with Gasteiger partial charge in [-0.2, -0.15) is 0 Å². The number of unbranched alkanes of at least 4 members (excludes halogenated alkanes) is 3. The average Bonchev–Trinajstić information content (AvgIpc) is 2.26. The minimum atomic E-state index is 0.0843. The lowest BCUT2D eigenvalue weighted by molar-refractivity contribution is 0.544. The van der Waals surface area contributed by atoms with Gasteiger partial charge in [0.1, 0.15) is 5.75 Å². The Hall–Kier alpha value is -1.09. The van der Waals surface area contributed by atoms with Crippen molar-refractivity contribution in [2.24, 2.45) is 5.73 Å². The monoisotopic (exact) mass is 237 g/mol. The molecule has 0 aromatic heterocycles. The van der Waals surface area contributed by atoms with E-state index in [4.69, 9.17) is 22.7 Å². The van der Waals surface area contributed by atoms with Crippen LogP contribution in [-0.2, 0) is 6.42 Å². The Labute approximate surface area is 103 Å². The molecule has 0 atom stereocenters. The molecule has 2 nitrogen and oxygen atoms in total. The molecule has 0 unspecified atom stereocenters. The second-order valence-electron chi connectivity index (χ2n) is 3.84. The molecule has 0 saturated heterocycles. The van der Waals surface area contributed by atoms with Gasteiger partial charge in [0.25, 0.3) is 5.17 Å². The van der Waals surface area contributed by atoms with E-state index >= 15 is 0 Å². The van der Waals surface area contributed by atoms with Gasteiger partial charge in [0, 0.05) is 0 Å². The van der Waals surface area contributed by atoms with E-state index in [-0.39, 0.29) is 5.17 Å². The van der Waals surface area contributed by atoms with Crippen molar-refractivity contribution in [2.45, 2.75) is 39.0 Å². The molecule has 0 amide bonds. The number of nitrogens with two attached hydrogens (primary N) is 1. The molecule has 0 fully saturated rings. The minimum Gasteiger partial charge on any atom is -0.432 e. The quantitative estimate of drug-likeness (QED) is 0.608. The highest BCUT2D eigenvalue weighted by Crippen LogP contribution is 2.20. The lowest BCUT2D eigenvalue weighted by atomic mass is 10.1. The van der Waals surface area contributed by atoms with Crippen LogP contribution in [0.15, 0.2) is 24.3 Å². The van der Waals surface area contributed by atoms with Gasteiger partial charge < -0.3 is 10.5 Å². The van der Waals surface area contributed by atoms with Crippen molar-refractivity contribution in [3.8, 4) is 5.75 Å². The van der Waals surface area contributed by atoms with Crippen LogP contribution in [0.2, 0.25) is 0 Å². The zero-order valence-corrected chi connectivity index (χ0v) is 10.6. The van der Waals surface area contributed by atoms with Gasteiger partial charge in [0.05, 0.1) is 0 Å². The van der Waals surface area contributed by atoms with Gasteiger partial charge in [-0.1, -0.05) is 44.4 Å². The van der Waals surface area contributed by atoms with Crippen LogP contribution < -0.4 is 10.5 Å². The normalized spacial score (nSPS) is 10.1. The van der Waals surface area contributed by atoms with Crippen molar-refractivity contribution in [3.05, 3.63) is 29.8 Å². The Morgan fingerprint density at radius 2 is 2.00 bits per heavy atom. The highest BCUT2D eigenvalue weighted by molar-refractivity contribution is 7.80. The molecule has 0 saturated carbocycles. The van der Waals surface area contributed by atoms with Crippen LogP contribution in [-0.4, -0.2) is 5.17 Å². The second-order valence-corrected chi connectivity index (χ2v) is 4.24. The molecule has 88 valence electrons. The van der Waals surface area contributed by atoms with E-state index < -0.39 is 0 Å². The van der Waals surface area contributed by atoms with Gasteiger partial charge in [-0.3, -0.25) is 0 Å². The largest absolute Gasteiger partial charge is 0.432 e. The number of ether oxygens (including phenoxy) is 1.